The van der Waals surface area contributed by atoms with Crippen LogP contribution in [0.2, 0.25) is 0 Å². The Bertz CT molecular complexity index is 1320. The minimum absolute atomic E-state index is 0.0666. The Morgan fingerprint density at radius 2 is 1.91 bits per heavy atom. The van der Waals surface area contributed by atoms with Crippen molar-refractivity contribution in [3.63, 3.8) is 0 Å². The number of aryl methyl sites for hydroxylation is 4. The number of rotatable bonds is 6. The van der Waals surface area contributed by atoms with E-state index in [-0.39, 0.29) is 18.9 Å². The van der Waals surface area contributed by atoms with E-state index >= 15 is 0 Å². The van der Waals surface area contributed by atoms with Gasteiger partial charge in [-0.2, -0.15) is 0 Å². The Morgan fingerprint density at radius 1 is 1.09 bits per heavy atom. The van der Waals surface area contributed by atoms with Crippen molar-refractivity contribution in [2.45, 2.75) is 40.7 Å². The molecule has 4 aromatic rings. The molecular formula is C25H25N3O3S. The predicted molar refractivity (Wildman–Crippen MR) is 127 cm³/mol. The number of hydrogen-bond donors (Lipinski definition) is 2. The van der Waals surface area contributed by atoms with Crippen LogP contribution in [0.4, 0.5) is 5.69 Å². The molecule has 32 heavy (non-hydrogen) atoms. The number of aromatic amines is 1. The highest BCUT2D eigenvalue weighted by Crippen LogP contribution is 2.23. The van der Waals surface area contributed by atoms with Crippen molar-refractivity contribution >= 4 is 39.8 Å². The van der Waals surface area contributed by atoms with E-state index in [1.807, 2.05) is 63.4 Å². The first kappa shape index (κ1) is 21.8. The standard InChI is InChI=1S/C25H25N3O3S/c1-14-5-6-15(2)22(9-14)28-23(29)11-24-27-19(13-32-24)12-31-25(30)18-7-8-21-20(10-18)16(3)17(4)26-21/h5-10,13,26H,11-12H2,1-4H3,(H,28,29). The summed E-state index contributed by atoms with van der Waals surface area (Å²) in [4.78, 5) is 32.7. The van der Waals surface area contributed by atoms with Crippen LogP contribution in [0.25, 0.3) is 10.9 Å². The molecule has 0 aliphatic rings. The van der Waals surface area contributed by atoms with Gasteiger partial charge in [0.15, 0.2) is 0 Å². The molecule has 0 saturated carbocycles. The zero-order valence-electron chi connectivity index (χ0n) is 18.5. The van der Waals surface area contributed by atoms with E-state index in [1.54, 1.807) is 6.07 Å². The van der Waals surface area contributed by atoms with Crippen molar-refractivity contribution in [3.05, 3.63) is 80.4 Å². The summed E-state index contributed by atoms with van der Waals surface area (Å²) in [5, 5.41) is 6.45. The summed E-state index contributed by atoms with van der Waals surface area (Å²) in [5.74, 6) is -0.519. The summed E-state index contributed by atoms with van der Waals surface area (Å²) < 4.78 is 5.45. The van der Waals surface area contributed by atoms with Crippen LogP contribution in [0, 0.1) is 27.7 Å². The van der Waals surface area contributed by atoms with E-state index in [0.29, 0.717) is 16.3 Å². The zero-order valence-corrected chi connectivity index (χ0v) is 19.4. The molecule has 0 bridgehead atoms. The number of H-pyrrole nitrogens is 1. The lowest BCUT2D eigenvalue weighted by atomic mass is 10.1. The number of carbonyl (C=O) groups excluding carboxylic acids is 2. The lowest BCUT2D eigenvalue weighted by Crippen LogP contribution is -2.15. The summed E-state index contributed by atoms with van der Waals surface area (Å²) in [6.07, 6.45) is 0.175. The third kappa shape index (κ3) is 4.73. The minimum atomic E-state index is -0.396. The van der Waals surface area contributed by atoms with E-state index < -0.39 is 5.97 Å². The molecule has 4 rings (SSSR count). The maximum absolute atomic E-state index is 12.5. The van der Waals surface area contributed by atoms with Gasteiger partial charge in [-0.25, -0.2) is 9.78 Å². The number of fused-ring (bicyclic) bond motifs is 1. The molecule has 2 aromatic heterocycles. The van der Waals surface area contributed by atoms with E-state index in [9.17, 15) is 9.59 Å². The number of carbonyl (C=O) groups is 2. The lowest BCUT2D eigenvalue weighted by Gasteiger charge is -2.08. The number of aromatic nitrogens is 2. The van der Waals surface area contributed by atoms with Gasteiger partial charge in [-0.1, -0.05) is 12.1 Å². The fourth-order valence-corrected chi connectivity index (χ4v) is 4.29. The quantitative estimate of drug-likeness (QED) is 0.388. The second-order valence-electron chi connectivity index (χ2n) is 7.99. The molecule has 0 atom stereocenters. The van der Waals surface area contributed by atoms with Crippen LogP contribution in [-0.2, 0) is 22.6 Å². The van der Waals surface area contributed by atoms with Crippen LogP contribution >= 0.6 is 11.3 Å². The van der Waals surface area contributed by atoms with Crippen LogP contribution in [0.3, 0.4) is 0 Å². The molecule has 2 N–H and O–H groups in total. The molecule has 0 spiro atoms. The topological polar surface area (TPSA) is 84.1 Å². The number of anilines is 1. The van der Waals surface area contributed by atoms with Gasteiger partial charge >= 0.3 is 5.97 Å². The van der Waals surface area contributed by atoms with Gasteiger partial charge in [0, 0.05) is 27.7 Å². The molecule has 0 aliphatic heterocycles. The van der Waals surface area contributed by atoms with Gasteiger partial charge < -0.3 is 15.0 Å². The normalized spacial score (nSPS) is 11.0. The SMILES string of the molecule is Cc1ccc(C)c(NC(=O)Cc2nc(COC(=O)c3ccc4[nH]c(C)c(C)c4c3)cs2)c1. The second-order valence-corrected chi connectivity index (χ2v) is 8.93. The predicted octanol–water partition coefficient (Wildman–Crippen LogP) is 5.40. The number of benzene rings is 2. The monoisotopic (exact) mass is 447 g/mol. The summed E-state index contributed by atoms with van der Waals surface area (Å²) in [6.45, 7) is 8.05. The van der Waals surface area contributed by atoms with Crippen molar-refractivity contribution < 1.29 is 14.3 Å². The highest BCUT2D eigenvalue weighted by Gasteiger charge is 2.14. The Labute approximate surface area is 190 Å². The van der Waals surface area contributed by atoms with E-state index in [0.717, 1.165) is 39.0 Å². The van der Waals surface area contributed by atoms with Crippen LogP contribution in [0.5, 0.6) is 0 Å². The number of thiazole rings is 1. The first-order chi connectivity index (χ1) is 15.3. The Balaban J connectivity index is 1.35. The van der Waals surface area contributed by atoms with Crippen LogP contribution < -0.4 is 5.32 Å². The largest absolute Gasteiger partial charge is 0.456 e. The van der Waals surface area contributed by atoms with E-state index in [2.05, 4.69) is 15.3 Å². The van der Waals surface area contributed by atoms with E-state index in [4.69, 9.17) is 4.74 Å². The average molecular weight is 448 g/mol. The van der Waals surface area contributed by atoms with Crippen molar-refractivity contribution in [2.75, 3.05) is 5.32 Å². The van der Waals surface area contributed by atoms with Crippen molar-refractivity contribution in [1.29, 1.82) is 0 Å². The molecular weight excluding hydrogens is 422 g/mol. The molecule has 6 nitrogen and oxygen atoms in total. The molecule has 0 radical (unpaired) electrons. The number of nitrogens with zero attached hydrogens (tertiary/aromatic N) is 1. The fraction of sp³-hybridized carbons (Fsp3) is 0.240. The molecule has 2 heterocycles. The summed E-state index contributed by atoms with van der Waals surface area (Å²) >= 11 is 1.38. The van der Waals surface area contributed by atoms with Gasteiger partial charge in [-0.15, -0.1) is 11.3 Å². The number of amides is 1. The van der Waals surface area contributed by atoms with Gasteiger partial charge in [-0.05, 0) is 68.7 Å². The molecule has 1 amide bonds. The number of hydrogen-bond acceptors (Lipinski definition) is 5. The van der Waals surface area contributed by atoms with Gasteiger partial charge in [0.25, 0.3) is 0 Å². The summed E-state index contributed by atoms with van der Waals surface area (Å²) in [6, 6.07) is 11.4. The molecule has 164 valence electrons. The molecule has 0 saturated heterocycles. The molecule has 0 unspecified atom stereocenters. The Kier molecular flexibility index (Phi) is 6.10. The van der Waals surface area contributed by atoms with Gasteiger partial charge in [0.1, 0.15) is 11.6 Å². The highest BCUT2D eigenvalue weighted by molar-refractivity contribution is 7.09. The van der Waals surface area contributed by atoms with Gasteiger partial charge in [-0.3, -0.25) is 4.79 Å². The summed E-state index contributed by atoms with van der Waals surface area (Å²) in [5.41, 5.74) is 7.25. The molecule has 7 heteroatoms. The highest BCUT2D eigenvalue weighted by atomic mass is 32.1. The third-order valence-corrected chi connectivity index (χ3v) is 6.37. The molecule has 0 fully saturated rings. The summed E-state index contributed by atoms with van der Waals surface area (Å²) in [7, 11) is 0. The van der Waals surface area contributed by atoms with Crippen molar-refractivity contribution in [3.8, 4) is 0 Å². The minimum Gasteiger partial charge on any atom is -0.456 e. The Hall–Kier alpha value is -3.45. The maximum Gasteiger partial charge on any atom is 0.338 e. The van der Waals surface area contributed by atoms with Crippen LogP contribution in [-0.4, -0.2) is 21.8 Å². The van der Waals surface area contributed by atoms with Gasteiger partial charge in [0.2, 0.25) is 5.91 Å². The van der Waals surface area contributed by atoms with Crippen molar-refractivity contribution in [2.24, 2.45) is 0 Å². The van der Waals surface area contributed by atoms with Crippen LogP contribution in [0.1, 0.15) is 43.4 Å². The fourth-order valence-electron chi connectivity index (χ4n) is 3.51. The number of ether oxygens (including phenoxy) is 1. The second kappa shape index (κ2) is 8.96. The first-order valence-electron chi connectivity index (χ1n) is 10.4. The zero-order chi connectivity index (χ0) is 22.8. The first-order valence-corrected chi connectivity index (χ1v) is 11.2. The lowest BCUT2D eigenvalue weighted by molar-refractivity contribution is -0.115. The third-order valence-electron chi connectivity index (χ3n) is 5.47. The maximum atomic E-state index is 12.5. The number of nitrogens with one attached hydrogen (secondary N) is 2. The van der Waals surface area contributed by atoms with Crippen LogP contribution in [0.15, 0.2) is 41.8 Å². The molecule has 0 aliphatic carbocycles. The van der Waals surface area contributed by atoms with Crippen molar-refractivity contribution in [1.82, 2.24) is 9.97 Å². The average Bonchev–Trinajstić information content (AvgIpc) is 3.32. The van der Waals surface area contributed by atoms with Gasteiger partial charge in [0.05, 0.1) is 17.7 Å². The van der Waals surface area contributed by atoms with E-state index in [1.165, 1.54) is 11.3 Å². The number of esters is 1. The smallest absolute Gasteiger partial charge is 0.338 e. The molecule has 2 aromatic carbocycles. The Morgan fingerprint density at radius 3 is 2.72 bits per heavy atom.